The Morgan fingerprint density at radius 1 is 1.24 bits per heavy atom. The minimum absolute atomic E-state index is 0.0732. The van der Waals surface area contributed by atoms with Crippen LogP contribution in [0.25, 0.3) is 0 Å². The first-order valence-electron chi connectivity index (χ1n) is 9.64. The number of amides is 1. The maximum Gasteiger partial charge on any atom is 0.332 e. The third-order valence-electron chi connectivity index (χ3n) is 5.21. The number of nitrogens with one attached hydrogen (secondary N) is 1. The van der Waals surface area contributed by atoms with Gasteiger partial charge in [-0.15, -0.1) is 0 Å². The summed E-state index contributed by atoms with van der Waals surface area (Å²) in [5, 5.41) is 0. The molecular formula is C19H26N5O5+. The molecular weight excluding hydrogens is 378 g/mol. The number of ketones is 1. The largest absolute Gasteiger partial charge is 0.459 e. The van der Waals surface area contributed by atoms with Gasteiger partial charge >= 0.3 is 5.69 Å². The molecule has 2 aromatic rings. The first kappa shape index (κ1) is 20.6. The standard InChI is InChI=1S/C19H25N5O5/c1-3-6-24-16(20)15(18(27)21(2)19(24)28)13(25)12-22-7-9-23(10-8-22)17(26)14-5-4-11-29-14/h4-5,11H,3,6-10,12,20H2,1-2H3/p+1. The quantitative estimate of drug-likeness (QED) is 0.556. The molecule has 156 valence electrons. The van der Waals surface area contributed by atoms with Gasteiger partial charge in [0.25, 0.3) is 11.5 Å². The molecule has 3 rings (SSSR count). The second-order valence-corrected chi connectivity index (χ2v) is 7.18. The molecule has 3 heterocycles. The summed E-state index contributed by atoms with van der Waals surface area (Å²) >= 11 is 0. The zero-order valence-corrected chi connectivity index (χ0v) is 16.6. The lowest BCUT2D eigenvalue weighted by Gasteiger charge is -2.31. The molecule has 1 aliphatic heterocycles. The molecule has 3 N–H and O–H groups in total. The molecule has 1 aliphatic rings. The number of nitrogens with zero attached hydrogens (tertiary/aromatic N) is 3. The molecule has 0 bridgehead atoms. The lowest BCUT2D eigenvalue weighted by Crippen LogP contribution is -3.15. The van der Waals surface area contributed by atoms with E-state index in [-0.39, 0.29) is 23.8 Å². The molecule has 0 atom stereocenters. The van der Waals surface area contributed by atoms with Gasteiger partial charge in [-0.1, -0.05) is 6.92 Å². The van der Waals surface area contributed by atoms with Crippen molar-refractivity contribution < 1.29 is 18.9 Å². The third kappa shape index (κ3) is 4.02. The number of furan rings is 1. The maximum atomic E-state index is 12.9. The van der Waals surface area contributed by atoms with Crippen LogP contribution >= 0.6 is 0 Å². The average Bonchev–Trinajstić information content (AvgIpc) is 3.24. The second kappa shape index (κ2) is 8.48. The highest BCUT2D eigenvalue weighted by atomic mass is 16.3. The van der Waals surface area contributed by atoms with E-state index in [1.54, 1.807) is 17.0 Å². The predicted molar refractivity (Wildman–Crippen MR) is 105 cm³/mol. The Hall–Kier alpha value is -3.14. The van der Waals surface area contributed by atoms with Gasteiger partial charge in [-0.05, 0) is 18.6 Å². The second-order valence-electron chi connectivity index (χ2n) is 7.18. The van der Waals surface area contributed by atoms with Crippen LogP contribution in [0.15, 0.2) is 32.4 Å². The number of anilines is 1. The minimum atomic E-state index is -0.670. The maximum absolute atomic E-state index is 12.9. The van der Waals surface area contributed by atoms with Crippen LogP contribution in [0.3, 0.4) is 0 Å². The van der Waals surface area contributed by atoms with Crippen molar-refractivity contribution in [1.82, 2.24) is 14.0 Å². The Labute approximate surface area is 167 Å². The van der Waals surface area contributed by atoms with Crippen molar-refractivity contribution in [3.05, 3.63) is 50.6 Å². The Balaban J connectivity index is 1.71. The van der Waals surface area contributed by atoms with E-state index in [1.807, 2.05) is 6.92 Å². The normalized spacial score (nSPS) is 14.9. The summed E-state index contributed by atoms with van der Waals surface area (Å²) in [4.78, 5) is 52.6. The molecule has 2 aromatic heterocycles. The van der Waals surface area contributed by atoms with E-state index in [2.05, 4.69) is 0 Å². The molecule has 1 saturated heterocycles. The minimum Gasteiger partial charge on any atom is -0.459 e. The highest BCUT2D eigenvalue weighted by Gasteiger charge is 2.29. The van der Waals surface area contributed by atoms with Crippen molar-refractivity contribution in [3.63, 3.8) is 0 Å². The predicted octanol–water partition coefficient (Wildman–Crippen LogP) is -1.64. The summed E-state index contributed by atoms with van der Waals surface area (Å²) < 4.78 is 7.34. The van der Waals surface area contributed by atoms with Gasteiger partial charge in [0, 0.05) is 13.6 Å². The zero-order chi connectivity index (χ0) is 21.1. The van der Waals surface area contributed by atoms with Crippen LogP contribution in [0.1, 0.15) is 34.3 Å². The number of hydrogen-bond donors (Lipinski definition) is 2. The Bertz CT molecular complexity index is 1010. The number of piperazine rings is 1. The number of carbonyl (C=O) groups is 2. The first-order valence-corrected chi connectivity index (χ1v) is 9.64. The Morgan fingerprint density at radius 3 is 2.52 bits per heavy atom. The monoisotopic (exact) mass is 404 g/mol. The molecule has 0 aliphatic carbocycles. The van der Waals surface area contributed by atoms with Crippen molar-refractivity contribution in [1.29, 1.82) is 0 Å². The summed E-state index contributed by atoms with van der Waals surface area (Å²) in [6.07, 6.45) is 2.10. The Morgan fingerprint density at radius 2 is 1.93 bits per heavy atom. The van der Waals surface area contributed by atoms with Gasteiger partial charge in [-0.3, -0.25) is 23.5 Å². The van der Waals surface area contributed by atoms with E-state index in [0.29, 0.717) is 44.9 Å². The van der Waals surface area contributed by atoms with Crippen molar-refractivity contribution in [2.75, 3.05) is 38.5 Å². The molecule has 0 unspecified atom stereocenters. The molecule has 0 aromatic carbocycles. The molecule has 0 spiro atoms. The van der Waals surface area contributed by atoms with E-state index in [0.717, 1.165) is 9.47 Å². The van der Waals surface area contributed by atoms with Crippen molar-refractivity contribution >= 4 is 17.5 Å². The number of Topliss-reactive ketones (excluding diaryl/α,β-unsaturated/α-hetero) is 1. The van der Waals surface area contributed by atoms with Crippen LogP contribution in [0.2, 0.25) is 0 Å². The summed E-state index contributed by atoms with van der Waals surface area (Å²) in [5.74, 6) is -0.353. The molecule has 10 heteroatoms. The SMILES string of the molecule is CCCn1c(N)c(C(=O)C[NH+]2CCN(C(=O)c3ccco3)CC2)c(=O)n(C)c1=O. The topological polar surface area (TPSA) is 125 Å². The van der Waals surface area contributed by atoms with Crippen molar-refractivity contribution in [2.45, 2.75) is 19.9 Å². The van der Waals surface area contributed by atoms with Gasteiger partial charge in [0.1, 0.15) is 17.9 Å². The Kier molecular flexibility index (Phi) is 6.02. The first-order chi connectivity index (χ1) is 13.8. The molecule has 0 radical (unpaired) electrons. The van der Waals surface area contributed by atoms with Crippen LogP contribution in [0, 0.1) is 0 Å². The molecule has 29 heavy (non-hydrogen) atoms. The number of nitrogen functional groups attached to an aromatic ring is 1. The van der Waals surface area contributed by atoms with Gasteiger partial charge in [0.2, 0.25) is 5.78 Å². The van der Waals surface area contributed by atoms with Crippen LogP contribution in [-0.2, 0) is 13.6 Å². The number of rotatable bonds is 6. The summed E-state index contributed by atoms with van der Waals surface area (Å²) in [7, 11) is 1.35. The third-order valence-corrected chi connectivity index (χ3v) is 5.21. The molecule has 10 nitrogen and oxygen atoms in total. The summed E-state index contributed by atoms with van der Waals surface area (Å²) in [5.41, 5.74) is 4.69. The van der Waals surface area contributed by atoms with E-state index >= 15 is 0 Å². The highest BCUT2D eigenvalue weighted by molar-refractivity contribution is 6.00. The summed E-state index contributed by atoms with van der Waals surface area (Å²) in [6.45, 7) is 4.37. The number of carbonyl (C=O) groups excluding carboxylic acids is 2. The molecule has 0 saturated carbocycles. The fourth-order valence-corrected chi connectivity index (χ4v) is 3.56. The smallest absolute Gasteiger partial charge is 0.332 e. The van der Waals surface area contributed by atoms with E-state index in [9.17, 15) is 19.2 Å². The molecule has 1 fully saturated rings. The van der Waals surface area contributed by atoms with Crippen LogP contribution in [-0.4, -0.2) is 58.4 Å². The van der Waals surface area contributed by atoms with E-state index < -0.39 is 17.0 Å². The zero-order valence-electron chi connectivity index (χ0n) is 16.6. The number of nitrogens with two attached hydrogens (primary N) is 1. The lowest BCUT2D eigenvalue weighted by molar-refractivity contribution is -0.895. The van der Waals surface area contributed by atoms with Gasteiger partial charge in [-0.25, -0.2) is 4.79 Å². The summed E-state index contributed by atoms with van der Waals surface area (Å²) in [6, 6.07) is 3.28. The fraction of sp³-hybridized carbons (Fsp3) is 0.474. The van der Waals surface area contributed by atoms with E-state index in [1.165, 1.54) is 17.9 Å². The number of hydrogen-bond acceptors (Lipinski definition) is 6. The highest BCUT2D eigenvalue weighted by Crippen LogP contribution is 2.07. The number of aromatic nitrogens is 2. The van der Waals surface area contributed by atoms with Gasteiger partial charge in [0.05, 0.1) is 32.4 Å². The van der Waals surface area contributed by atoms with Crippen LogP contribution < -0.4 is 21.9 Å². The van der Waals surface area contributed by atoms with E-state index in [4.69, 9.17) is 10.2 Å². The van der Waals surface area contributed by atoms with Crippen LogP contribution in [0.4, 0.5) is 5.82 Å². The van der Waals surface area contributed by atoms with Gasteiger partial charge in [0.15, 0.2) is 5.76 Å². The van der Waals surface area contributed by atoms with Gasteiger partial charge in [-0.2, -0.15) is 0 Å². The fourth-order valence-electron chi connectivity index (χ4n) is 3.56. The molecule has 1 amide bonds. The van der Waals surface area contributed by atoms with Crippen LogP contribution in [0.5, 0.6) is 0 Å². The van der Waals surface area contributed by atoms with Crippen molar-refractivity contribution in [3.8, 4) is 0 Å². The van der Waals surface area contributed by atoms with Crippen molar-refractivity contribution in [2.24, 2.45) is 7.05 Å². The van der Waals surface area contributed by atoms with Gasteiger partial charge < -0.3 is 20.0 Å². The number of quaternary nitrogens is 1. The average molecular weight is 404 g/mol. The lowest BCUT2D eigenvalue weighted by atomic mass is 10.1.